The molecule has 0 atom stereocenters. The summed E-state index contributed by atoms with van der Waals surface area (Å²) in [6.45, 7) is 0.472. The second-order valence-electron chi connectivity index (χ2n) is 5.62. The van der Waals surface area contributed by atoms with Crippen molar-refractivity contribution < 1.29 is 0 Å². The lowest BCUT2D eigenvalue weighted by Gasteiger charge is -2.10. The predicted molar refractivity (Wildman–Crippen MR) is 100 cm³/mol. The van der Waals surface area contributed by atoms with Gasteiger partial charge in [-0.15, -0.1) is 0 Å². The summed E-state index contributed by atoms with van der Waals surface area (Å²) in [4.78, 5) is 17.6. The van der Waals surface area contributed by atoms with Gasteiger partial charge in [-0.05, 0) is 11.8 Å². The number of fused-ring (bicyclic) bond motifs is 1. The lowest BCUT2D eigenvalue weighted by Crippen LogP contribution is -2.30. The van der Waals surface area contributed by atoms with Crippen LogP contribution < -0.4 is 5.69 Å². The molecule has 0 radical (unpaired) electrons. The van der Waals surface area contributed by atoms with E-state index in [1.54, 1.807) is 4.57 Å². The predicted octanol–water partition coefficient (Wildman–Crippen LogP) is 3.33. The summed E-state index contributed by atoms with van der Waals surface area (Å²) in [5.41, 5.74) is 3.15. The van der Waals surface area contributed by atoms with Gasteiger partial charge in [-0.1, -0.05) is 72.4 Å². The second kappa shape index (κ2) is 6.57. The van der Waals surface area contributed by atoms with E-state index in [2.05, 4.69) is 10.1 Å². The third-order valence-corrected chi connectivity index (χ3v) is 4.66. The van der Waals surface area contributed by atoms with Gasteiger partial charge in [0.1, 0.15) is 0 Å². The Morgan fingerprint density at radius 2 is 1.68 bits per heavy atom. The zero-order chi connectivity index (χ0) is 17.2. The van der Waals surface area contributed by atoms with E-state index in [-0.39, 0.29) is 5.69 Å². The molecule has 0 aliphatic rings. The molecular weight excluding hydrogens is 332 g/mol. The van der Waals surface area contributed by atoms with Crippen molar-refractivity contribution in [3.05, 3.63) is 82.8 Å². The van der Waals surface area contributed by atoms with E-state index in [1.807, 2.05) is 73.0 Å². The van der Waals surface area contributed by atoms with Gasteiger partial charge < -0.3 is 0 Å². The molecule has 0 saturated heterocycles. The molecule has 0 bridgehead atoms. The Bertz CT molecular complexity index is 1070. The third-order valence-electron chi connectivity index (χ3n) is 3.98. The van der Waals surface area contributed by atoms with Crippen molar-refractivity contribution >= 4 is 17.4 Å². The van der Waals surface area contributed by atoms with Crippen LogP contribution in [0.15, 0.2) is 76.7 Å². The molecule has 4 rings (SSSR count). The average Bonchev–Trinajstić information content (AvgIpc) is 3.10. The Kier molecular flexibility index (Phi) is 4.11. The minimum absolute atomic E-state index is 0.180. The van der Waals surface area contributed by atoms with E-state index >= 15 is 0 Å². The molecule has 0 aliphatic heterocycles. The molecule has 0 aliphatic carbocycles. The molecule has 4 aromatic rings. The normalized spacial score (nSPS) is 11.1. The van der Waals surface area contributed by atoms with Gasteiger partial charge in [0.25, 0.3) is 0 Å². The molecule has 0 amide bonds. The number of thioether (sulfide) groups is 1. The van der Waals surface area contributed by atoms with Crippen molar-refractivity contribution in [1.82, 2.24) is 19.2 Å². The van der Waals surface area contributed by atoms with Crippen LogP contribution in [0.1, 0.15) is 5.56 Å². The lowest BCUT2D eigenvalue weighted by atomic mass is 10.2. The summed E-state index contributed by atoms with van der Waals surface area (Å²) in [5.74, 6) is 0. The lowest BCUT2D eigenvalue weighted by molar-refractivity contribution is 0.595. The summed E-state index contributed by atoms with van der Waals surface area (Å²) in [7, 11) is 0. The van der Waals surface area contributed by atoms with Gasteiger partial charge in [0, 0.05) is 11.6 Å². The fourth-order valence-corrected chi connectivity index (χ4v) is 3.30. The van der Waals surface area contributed by atoms with Crippen LogP contribution in [0.25, 0.3) is 16.9 Å². The molecule has 5 nitrogen and oxygen atoms in total. The fourth-order valence-electron chi connectivity index (χ4n) is 2.75. The Balaban J connectivity index is 1.86. The molecule has 0 saturated carbocycles. The molecule has 6 heteroatoms. The topological polar surface area (TPSA) is 52.2 Å². The highest BCUT2D eigenvalue weighted by atomic mass is 32.2. The number of aromatic nitrogens is 4. The first kappa shape index (κ1) is 15.7. The highest BCUT2D eigenvalue weighted by Gasteiger charge is 2.14. The van der Waals surface area contributed by atoms with E-state index in [0.717, 1.165) is 16.8 Å². The summed E-state index contributed by atoms with van der Waals surface area (Å²) >= 11 is 1.46. The van der Waals surface area contributed by atoms with Crippen LogP contribution in [0.2, 0.25) is 0 Å². The van der Waals surface area contributed by atoms with Crippen molar-refractivity contribution in [2.75, 3.05) is 6.26 Å². The van der Waals surface area contributed by atoms with Gasteiger partial charge >= 0.3 is 5.69 Å². The van der Waals surface area contributed by atoms with Crippen LogP contribution in [0.3, 0.4) is 0 Å². The average molecular weight is 348 g/mol. The summed E-state index contributed by atoms with van der Waals surface area (Å²) in [6.07, 6.45) is 1.92. The zero-order valence-corrected chi connectivity index (χ0v) is 14.5. The minimum atomic E-state index is -0.180. The van der Waals surface area contributed by atoms with Gasteiger partial charge in [-0.25, -0.2) is 9.78 Å². The van der Waals surface area contributed by atoms with Crippen LogP contribution in [-0.2, 0) is 6.54 Å². The smallest absolute Gasteiger partial charge is 0.266 e. The molecule has 0 fully saturated rings. The van der Waals surface area contributed by atoms with Gasteiger partial charge in [0.15, 0.2) is 10.8 Å². The number of benzene rings is 2. The SMILES string of the molecule is CSc1nc2cc(-c3ccccc3)nn2c(=O)n1Cc1ccccc1. The van der Waals surface area contributed by atoms with Crippen LogP contribution in [-0.4, -0.2) is 25.4 Å². The largest absolute Gasteiger partial charge is 0.353 e. The van der Waals surface area contributed by atoms with Gasteiger partial charge in [-0.2, -0.15) is 9.61 Å². The summed E-state index contributed by atoms with van der Waals surface area (Å²) in [5, 5.41) is 5.15. The quantitative estimate of drug-likeness (QED) is 0.531. The molecular formula is C19H16N4OS. The van der Waals surface area contributed by atoms with Gasteiger partial charge in [0.05, 0.1) is 12.2 Å². The maximum absolute atomic E-state index is 13.0. The fraction of sp³-hybridized carbons (Fsp3) is 0.105. The summed E-state index contributed by atoms with van der Waals surface area (Å²) < 4.78 is 3.04. The van der Waals surface area contributed by atoms with Crippen molar-refractivity contribution in [3.8, 4) is 11.3 Å². The van der Waals surface area contributed by atoms with E-state index in [9.17, 15) is 4.79 Å². The monoisotopic (exact) mass is 348 g/mol. The zero-order valence-electron chi connectivity index (χ0n) is 13.7. The Hall–Kier alpha value is -2.86. The highest BCUT2D eigenvalue weighted by Crippen LogP contribution is 2.19. The van der Waals surface area contributed by atoms with Gasteiger partial charge in [-0.3, -0.25) is 4.57 Å². The molecule has 0 N–H and O–H groups in total. The summed E-state index contributed by atoms with van der Waals surface area (Å²) in [6, 6.07) is 21.5. The minimum Gasteiger partial charge on any atom is -0.266 e. The Labute approximate surface area is 149 Å². The van der Waals surface area contributed by atoms with Gasteiger partial charge in [0.2, 0.25) is 0 Å². The first-order valence-corrected chi connectivity index (χ1v) is 9.12. The molecule has 124 valence electrons. The van der Waals surface area contributed by atoms with Crippen LogP contribution in [0, 0.1) is 0 Å². The van der Waals surface area contributed by atoms with Crippen LogP contribution in [0.4, 0.5) is 0 Å². The Morgan fingerprint density at radius 3 is 2.36 bits per heavy atom. The number of rotatable bonds is 4. The molecule has 25 heavy (non-hydrogen) atoms. The number of hydrogen-bond donors (Lipinski definition) is 0. The van der Waals surface area contributed by atoms with Crippen molar-refractivity contribution in [2.45, 2.75) is 11.7 Å². The van der Waals surface area contributed by atoms with E-state index < -0.39 is 0 Å². The second-order valence-corrected chi connectivity index (χ2v) is 6.39. The van der Waals surface area contributed by atoms with Crippen LogP contribution >= 0.6 is 11.8 Å². The first-order chi connectivity index (χ1) is 12.3. The molecule has 2 aromatic heterocycles. The first-order valence-electron chi connectivity index (χ1n) is 7.90. The number of hydrogen-bond acceptors (Lipinski definition) is 4. The standard InChI is InChI=1S/C19H16N4OS/c1-25-18-20-17-12-16(15-10-6-3-7-11-15)21-23(17)19(24)22(18)13-14-8-4-2-5-9-14/h2-12H,13H2,1H3. The maximum Gasteiger partial charge on any atom is 0.353 e. The Morgan fingerprint density at radius 1 is 1.00 bits per heavy atom. The van der Waals surface area contributed by atoms with Crippen molar-refractivity contribution in [1.29, 1.82) is 0 Å². The molecule has 2 heterocycles. The molecule has 0 unspecified atom stereocenters. The van der Waals surface area contributed by atoms with E-state index in [1.165, 1.54) is 16.3 Å². The van der Waals surface area contributed by atoms with E-state index in [0.29, 0.717) is 17.3 Å². The highest BCUT2D eigenvalue weighted by molar-refractivity contribution is 7.98. The van der Waals surface area contributed by atoms with E-state index in [4.69, 9.17) is 0 Å². The molecule has 2 aromatic carbocycles. The van der Waals surface area contributed by atoms with Crippen molar-refractivity contribution in [2.24, 2.45) is 0 Å². The third kappa shape index (κ3) is 2.96. The number of nitrogens with zero attached hydrogens (tertiary/aromatic N) is 4. The molecule has 0 spiro atoms. The van der Waals surface area contributed by atoms with Crippen LogP contribution in [0.5, 0.6) is 0 Å². The van der Waals surface area contributed by atoms with Crippen molar-refractivity contribution in [3.63, 3.8) is 0 Å². The maximum atomic E-state index is 13.0.